The predicted octanol–water partition coefficient (Wildman–Crippen LogP) is 13.4. The Morgan fingerprint density at radius 2 is 1.04 bits per heavy atom. The van der Waals surface area contributed by atoms with Crippen molar-refractivity contribution in [1.29, 1.82) is 0 Å². The van der Waals surface area contributed by atoms with E-state index in [-0.39, 0.29) is 0 Å². The molecular weight excluding hydrogens is 623 g/mol. The number of thiophene rings is 1. The Balaban J connectivity index is 1.26. The van der Waals surface area contributed by atoms with Gasteiger partial charge in [-0.1, -0.05) is 152 Å². The zero-order chi connectivity index (χ0) is 33.0. The third-order valence-corrected chi connectivity index (χ3v) is 11.2. The highest BCUT2D eigenvalue weighted by Crippen LogP contribution is 2.48. The number of hydrogen-bond acceptors (Lipinski definition) is 1. The van der Waals surface area contributed by atoms with E-state index < -0.39 is 0 Å². The van der Waals surface area contributed by atoms with Crippen molar-refractivity contribution in [2.45, 2.75) is 0 Å². The molecule has 0 fully saturated rings. The van der Waals surface area contributed by atoms with Gasteiger partial charge >= 0.3 is 0 Å². The highest BCUT2D eigenvalue weighted by atomic mass is 32.1. The topological polar surface area (TPSA) is 4.93 Å². The molecule has 0 unspecified atom stereocenters. The van der Waals surface area contributed by atoms with Crippen molar-refractivity contribution in [3.05, 3.63) is 205 Å². The van der Waals surface area contributed by atoms with Crippen LogP contribution in [0.1, 0.15) is 16.7 Å². The molecule has 2 heterocycles. The largest absolute Gasteiger partial charge is 0.308 e. The fourth-order valence-corrected chi connectivity index (χ4v) is 8.99. The third-order valence-electron chi connectivity index (χ3n) is 9.98. The molecule has 0 saturated heterocycles. The molecule has 0 N–H and O–H groups in total. The maximum atomic E-state index is 2.51. The average molecular weight is 654 g/mol. The lowest BCUT2D eigenvalue weighted by atomic mass is 9.93. The predicted molar refractivity (Wildman–Crippen MR) is 217 cm³/mol. The molecule has 0 bridgehead atoms. The molecule has 0 amide bonds. The first-order chi connectivity index (χ1) is 24.8. The Kier molecular flexibility index (Phi) is 6.75. The van der Waals surface area contributed by atoms with Crippen LogP contribution in [0.5, 0.6) is 0 Å². The molecule has 2 aromatic heterocycles. The van der Waals surface area contributed by atoms with Crippen LogP contribution in [0.25, 0.3) is 75.2 Å². The monoisotopic (exact) mass is 653 g/mol. The summed E-state index contributed by atoms with van der Waals surface area (Å²) in [6.45, 7) is 0. The highest BCUT2D eigenvalue weighted by molar-refractivity contribution is 7.27. The number of fused-ring (bicyclic) bond motifs is 10. The normalized spacial score (nSPS) is 13.5. The molecule has 0 aliphatic heterocycles. The number of para-hydroxylation sites is 1. The van der Waals surface area contributed by atoms with E-state index in [2.05, 4.69) is 193 Å². The lowest BCUT2D eigenvalue weighted by molar-refractivity contribution is 1.19. The number of nitrogens with zero attached hydrogens (tertiary/aromatic N) is 1. The fraction of sp³-hybridized carbons (Fsp3) is 0. The standard InChI is InChI=1S/C48H31NS/c1-3-15-32(16-4-1)34-19-13-20-35(33-17-5-2-6-18-33)30-37(29-34)36-21-14-22-38(31-36)49-43-27-11-9-25-41(43)45-39-23-7-8-24-40(39)46-42-26-10-12-28-44(42)50-48(46)47(45)49/h1-31H. The van der Waals surface area contributed by atoms with Crippen LogP contribution in [-0.2, 0) is 0 Å². The van der Waals surface area contributed by atoms with Gasteiger partial charge in [-0.3, -0.25) is 0 Å². The molecule has 2 heteroatoms. The smallest absolute Gasteiger partial charge is 0.0726 e. The quantitative estimate of drug-likeness (QED) is 0.178. The van der Waals surface area contributed by atoms with Crippen molar-refractivity contribution in [2.24, 2.45) is 0 Å². The van der Waals surface area contributed by atoms with Gasteiger partial charge in [0.15, 0.2) is 0 Å². The van der Waals surface area contributed by atoms with E-state index >= 15 is 0 Å². The van der Waals surface area contributed by atoms with E-state index in [4.69, 9.17) is 0 Å². The third kappa shape index (κ3) is 4.61. The molecule has 1 nitrogen and oxygen atoms in total. The summed E-state index contributed by atoms with van der Waals surface area (Å²) >= 11 is 1.91. The number of aromatic nitrogens is 1. The second-order valence-corrected chi connectivity index (χ2v) is 13.9. The van der Waals surface area contributed by atoms with Crippen molar-refractivity contribution in [3.63, 3.8) is 0 Å². The van der Waals surface area contributed by atoms with Gasteiger partial charge in [0, 0.05) is 31.9 Å². The Hall–Kier alpha value is -6.22. The van der Waals surface area contributed by atoms with Gasteiger partial charge in [0.1, 0.15) is 0 Å². The molecule has 9 aromatic rings. The zero-order valence-corrected chi connectivity index (χ0v) is 28.1. The Morgan fingerprint density at radius 3 is 1.82 bits per heavy atom. The lowest BCUT2D eigenvalue weighted by Crippen LogP contribution is -1.96. The van der Waals surface area contributed by atoms with Gasteiger partial charge in [-0.25, -0.2) is 0 Å². The van der Waals surface area contributed by atoms with Gasteiger partial charge in [-0.15, -0.1) is 11.3 Å². The van der Waals surface area contributed by atoms with Crippen LogP contribution in [0.2, 0.25) is 0 Å². The van der Waals surface area contributed by atoms with E-state index in [0.717, 1.165) is 5.69 Å². The van der Waals surface area contributed by atoms with Crippen molar-refractivity contribution in [2.75, 3.05) is 0 Å². The first-order valence-electron chi connectivity index (χ1n) is 17.1. The van der Waals surface area contributed by atoms with E-state index in [9.17, 15) is 0 Å². The Labute approximate surface area is 294 Å². The van der Waals surface area contributed by atoms with Crippen molar-refractivity contribution < 1.29 is 0 Å². The van der Waals surface area contributed by atoms with Crippen molar-refractivity contribution >= 4 is 80.8 Å². The van der Waals surface area contributed by atoms with E-state index in [0.29, 0.717) is 0 Å². The number of benzene rings is 7. The SMILES string of the molecule is C1=CC(c2ccccc2)=CC(c2cccc(-n3c4ccccc4c4c5ccccc5c5c6ccccc6sc5c43)c2)=CC(c2ccccc2)=C1. The Bertz CT molecular complexity index is 2860. The Morgan fingerprint density at radius 1 is 0.440 bits per heavy atom. The van der Waals surface area contributed by atoms with E-state index in [1.807, 2.05) is 11.3 Å². The van der Waals surface area contributed by atoms with Crippen molar-refractivity contribution in [1.82, 2.24) is 4.57 Å². The maximum Gasteiger partial charge on any atom is 0.0726 e. The summed E-state index contributed by atoms with van der Waals surface area (Å²) < 4.78 is 5.16. The van der Waals surface area contributed by atoms with Gasteiger partial charge in [-0.05, 0) is 80.6 Å². The molecular formula is C48H31NS. The summed E-state index contributed by atoms with van der Waals surface area (Å²) in [6, 6.07) is 57.2. The van der Waals surface area contributed by atoms with Gasteiger partial charge < -0.3 is 4.57 Å². The second-order valence-electron chi connectivity index (χ2n) is 12.9. The molecule has 50 heavy (non-hydrogen) atoms. The molecule has 234 valence electrons. The van der Waals surface area contributed by atoms with Crippen LogP contribution in [-0.4, -0.2) is 4.57 Å². The van der Waals surface area contributed by atoms with Gasteiger partial charge in [0.05, 0.1) is 15.7 Å². The lowest BCUT2D eigenvalue weighted by Gasteiger charge is -2.15. The minimum Gasteiger partial charge on any atom is -0.308 e. The van der Waals surface area contributed by atoms with Crippen LogP contribution in [0.4, 0.5) is 0 Å². The minimum absolute atomic E-state index is 1.15. The van der Waals surface area contributed by atoms with Crippen LogP contribution in [0.15, 0.2) is 188 Å². The van der Waals surface area contributed by atoms with Gasteiger partial charge in [0.25, 0.3) is 0 Å². The first kappa shape index (κ1) is 28.8. The summed E-state index contributed by atoms with van der Waals surface area (Å²) in [5, 5.41) is 7.87. The minimum atomic E-state index is 1.15. The molecule has 0 saturated carbocycles. The number of hydrogen-bond donors (Lipinski definition) is 0. The fourth-order valence-electron chi connectivity index (χ4n) is 7.73. The van der Waals surface area contributed by atoms with Crippen LogP contribution >= 0.6 is 11.3 Å². The van der Waals surface area contributed by atoms with Crippen LogP contribution in [0, 0.1) is 0 Å². The molecule has 10 rings (SSSR count). The summed E-state index contributed by atoms with van der Waals surface area (Å²) in [5.41, 5.74) is 10.7. The molecule has 7 aromatic carbocycles. The van der Waals surface area contributed by atoms with E-state index in [1.54, 1.807) is 0 Å². The molecule has 0 radical (unpaired) electrons. The summed E-state index contributed by atoms with van der Waals surface area (Å²) in [5.74, 6) is 0. The highest BCUT2D eigenvalue weighted by Gasteiger charge is 2.22. The second kappa shape index (κ2) is 11.7. The number of allylic oxidation sites excluding steroid dienone is 8. The summed E-state index contributed by atoms with van der Waals surface area (Å²) in [7, 11) is 0. The summed E-state index contributed by atoms with van der Waals surface area (Å²) in [4.78, 5) is 0. The average Bonchev–Trinajstić information content (AvgIpc) is 3.73. The number of rotatable bonds is 4. The van der Waals surface area contributed by atoms with Crippen molar-refractivity contribution in [3.8, 4) is 5.69 Å². The molecule has 1 aliphatic carbocycles. The van der Waals surface area contributed by atoms with Crippen LogP contribution < -0.4 is 0 Å². The van der Waals surface area contributed by atoms with Gasteiger partial charge in [0.2, 0.25) is 0 Å². The first-order valence-corrected chi connectivity index (χ1v) is 17.9. The molecule has 0 atom stereocenters. The zero-order valence-electron chi connectivity index (χ0n) is 27.3. The van der Waals surface area contributed by atoms with E-state index in [1.165, 1.54) is 86.2 Å². The molecule has 1 aliphatic rings. The molecule has 0 spiro atoms. The summed E-state index contributed by atoms with van der Waals surface area (Å²) in [6.07, 6.45) is 11.3. The van der Waals surface area contributed by atoms with Crippen LogP contribution in [0.3, 0.4) is 0 Å². The maximum absolute atomic E-state index is 2.51. The van der Waals surface area contributed by atoms with Gasteiger partial charge in [-0.2, -0.15) is 0 Å².